The van der Waals surface area contributed by atoms with Crippen molar-refractivity contribution in [2.24, 2.45) is 5.92 Å². The summed E-state index contributed by atoms with van der Waals surface area (Å²) in [4.78, 5) is 0. The molecule has 1 fully saturated rings. The van der Waals surface area contributed by atoms with Crippen LogP contribution in [0.3, 0.4) is 0 Å². The molecule has 2 heteroatoms. The summed E-state index contributed by atoms with van der Waals surface area (Å²) in [6, 6.07) is 0. The number of ether oxygens (including phenoxy) is 1. The van der Waals surface area contributed by atoms with Gasteiger partial charge in [0.2, 0.25) is 0 Å². The maximum Gasteiger partial charge on any atom is 0.0519 e. The monoisotopic (exact) mass is 176 g/mol. The van der Waals surface area contributed by atoms with Crippen LogP contribution in [0.4, 0.5) is 0 Å². The van der Waals surface area contributed by atoms with Gasteiger partial charge in [0.25, 0.3) is 0 Å². The van der Waals surface area contributed by atoms with Crippen LogP contribution in [-0.4, -0.2) is 18.1 Å². The van der Waals surface area contributed by atoms with Gasteiger partial charge in [0.1, 0.15) is 0 Å². The van der Waals surface area contributed by atoms with Gasteiger partial charge in [0.15, 0.2) is 0 Å². The third kappa shape index (κ3) is 3.00. The second-order valence-corrected chi connectivity index (χ2v) is 4.15. The Kier molecular flexibility index (Phi) is 3.67. The maximum absolute atomic E-state index is 6.08. The van der Waals surface area contributed by atoms with E-state index in [1.807, 2.05) is 0 Å². The average Bonchev–Trinajstić information content (AvgIpc) is 2.31. The first kappa shape index (κ1) is 9.34. The van der Waals surface area contributed by atoms with Crippen molar-refractivity contribution in [3.63, 3.8) is 0 Å². The summed E-state index contributed by atoms with van der Waals surface area (Å²) in [5, 5.41) is 0.369. The zero-order valence-corrected chi connectivity index (χ0v) is 8.10. The SMILES string of the molecule is CC(C)OCC1CCCC1Cl. The highest BCUT2D eigenvalue weighted by Gasteiger charge is 2.25. The minimum Gasteiger partial charge on any atom is -0.378 e. The summed E-state index contributed by atoms with van der Waals surface area (Å²) in [7, 11) is 0. The van der Waals surface area contributed by atoms with Crippen molar-refractivity contribution >= 4 is 11.6 Å². The van der Waals surface area contributed by atoms with Crippen LogP contribution in [0.5, 0.6) is 0 Å². The van der Waals surface area contributed by atoms with E-state index in [1.165, 1.54) is 19.3 Å². The van der Waals surface area contributed by atoms with E-state index in [4.69, 9.17) is 16.3 Å². The first-order valence-electron chi connectivity index (χ1n) is 4.46. The Labute approximate surface area is 74.1 Å². The van der Waals surface area contributed by atoms with Crippen LogP contribution in [0.1, 0.15) is 33.1 Å². The largest absolute Gasteiger partial charge is 0.378 e. The smallest absolute Gasteiger partial charge is 0.0519 e. The van der Waals surface area contributed by atoms with Crippen molar-refractivity contribution in [1.82, 2.24) is 0 Å². The molecule has 0 radical (unpaired) electrons. The van der Waals surface area contributed by atoms with Crippen molar-refractivity contribution in [2.45, 2.75) is 44.6 Å². The summed E-state index contributed by atoms with van der Waals surface area (Å²) in [5.41, 5.74) is 0. The standard InChI is InChI=1S/C9H17ClO/c1-7(2)11-6-8-4-3-5-9(8)10/h7-9H,3-6H2,1-2H3. The van der Waals surface area contributed by atoms with Crippen LogP contribution in [0.2, 0.25) is 0 Å². The Morgan fingerprint density at radius 3 is 2.64 bits per heavy atom. The number of hydrogen-bond acceptors (Lipinski definition) is 1. The van der Waals surface area contributed by atoms with Crippen LogP contribution in [0.15, 0.2) is 0 Å². The van der Waals surface area contributed by atoms with Crippen molar-refractivity contribution in [3.05, 3.63) is 0 Å². The second kappa shape index (κ2) is 4.32. The zero-order chi connectivity index (χ0) is 8.27. The molecule has 0 saturated heterocycles. The lowest BCUT2D eigenvalue weighted by Gasteiger charge is -2.15. The van der Waals surface area contributed by atoms with Gasteiger partial charge in [0, 0.05) is 5.38 Å². The lowest BCUT2D eigenvalue weighted by molar-refractivity contribution is 0.0535. The van der Waals surface area contributed by atoms with E-state index in [9.17, 15) is 0 Å². The van der Waals surface area contributed by atoms with E-state index in [0.29, 0.717) is 17.4 Å². The highest BCUT2D eigenvalue weighted by atomic mass is 35.5. The van der Waals surface area contributed by atoms with Gasteiger partial charge in [-0.05, 0) is 32.6 Å². The van der Waals surface area contributed by atoms with Crippen LogP contribution in [-0.2, 0) is 4.74 Å². The first-order chi connectivity index (χ1) is 5.20. The quantitative estimate of drug-likeness (QED) is 0.601. The maximum atomic E-state index is 6.08. The van der Waals surface area contributed by atoms with Crippen LogP contribution in [0, 0.1) is 5.92 Å². The van der Waals surface area contributed by atoms with Crippen LogP contribution < -0.4 is 0 Å². The summed E-state index contributed by atoms with van der Waals surface area (Å²) in [5.74, 6) is 0.610. The summed E-state index contributed by atoms with van der Waals surface area (Å²) in [6.07, 6.45) is 4.05. The van der Waals surface area contributed by atoms with E-state index < -0.39 is 0 Å². The molecule has 0 bridgehead atoms. The minimum absolute atomic E-state index is 0.347. The molecule has 66 valence electrons. The van der Waals surface area contributed by atoms with E-state index in [0.717, 1.165) is 6.61 Å². The molecule has 0 aromatic heterocycles. The number of hydrogen-bond donors (Lipinski definition) is 0. The predicted octanol–water partition coefficient (Wildman–Crippen LogP) is 2.82. The molecular weight excluding hydrogens is 160 g/mol. The highest BCUT2D eigenvalue weighted by Crippen LogP contribution is 2.30. The molecule has 1 aliphatic rings. The number of rotatable bonds is 3. The van der Waals surface area contributed by atoms with E-state index in [-0.39, 0.29) is 0 Å². The molecule has 0 heterocycles. The van der Waals surface area contributed by atoms with Gasteiger partial charge in [-0.15, -0.1) is 11.6 Å². The van der Waals surface area contributed by atoms with E-state index >= 15 is 0 Å². The fourth-order valence-electron chi connectivity index (χ4n) is 1.50. The van der Waals surface area contributed by atoms with E-state index in [2.05, 4.69) is 13.8 Å². The fraction of sp³-hybridized carbons (Fsp3) is 1.00. The Hall–Kier alpha value is 0.250. The molecular formula is C9H17ClO. The summed E-state index contributed by atoms with van der Waals surface area (Å²) >= 11 is 6.08. The molecule has 0 spiro atoms. The molecule has 1 saturated carbocycles. The first-order valence-corrected chi connectivity index (χ1v) is 4.89. The van der Waals surface area contributed by atoms with Gasteiger partial charge in [-0.2, -0.15) is 0 Å². The molecule has 0 N–H and O–H groups in total. The van der Waals surface area contributed by atoms with Crippen molar-refractivity contribution in [2.75, 3.05) is 6.61 Å². The van der Waals surface area contributed by atoms with Gasteiger partial charge >= 0.3 is 0 Å². The lowest BCUT2D eigenvalue weighted by atomic mass is 10.1. The second-order valence-electron chi connectivity index (χ2n) is 3.59. The Balaban J connectivity index is 2.15. The van der Waals surface area contributed by atoms with E-state index in [1.54, 1.807) is 0 Å². The van der Waals surface area contributed by atoms with Gasteiger partial charge < -0.3 is 4.74 Å². The van der Waals surface area contributed by atoms with Gasteiger partial charge in [-0.25, -0.2) is 0 Å². The van der Waals surface area contributed by atoms with Crippen molar-refractivity contribution < 1.29 is 4.74 Å². The molecule has 2 atom stereocenters. The number of halogens is 1. The topological polar surface area (TPSA) is 9.23 Å². The third-order valence-corrected chi connectivity index (χ3v) is 2.78. The molecule has 2 unspecified atom stereocenters. The van der Waals surface area contributed by atoms with Gasteiger partial charge in [0.05, 0.1) is 12.7 Å². The normalized spacial score (nSPS) is 31.6. The van der Waals surface area contributed by atoms with Crippen molar-refractivity contribution in [3.8, 4) is 0 Å². The fourth-order valence-corrected chi connectivity index (χ4v) is 1.85. The highest BCUT2D eigenvalue weighted by molar-refractivity contribution is 6.20. The van der Waals surface area contributed by atoms with Gasteiger partial charge in [-0.3, -0.25) is 0 Å². The minimum atomic E-state index is 0.347. The molecule has 1 nitrogen and oxygen atoms in total. The summed E-state index contributed by atoms with van der Waals surface area (Å²) in [6.45, 7) is 4.99. The number of alkyl halides is 1. The van der Waals surface area contributed by atoms with Crippen LogP contribution >= 0.6 is 11.6 Å². The Morgan fingerprint density at radius 1 is 1.45 bits per heavy atom. The van der Waals surface area contributed by atoms with Crippen LogP contribution in [0.25, 0.3) is 0 Å². The molecule has 1 aliphatic carbocycles. The molecule has 1 rings (SSSR count). The molecule has 0 aromatic rings. The van der Waals surface area contributed by atoms with Crippen molar-refractivity contribution in [1.29, 1.82) is 0 Å². The third-order valence-electron chi connectivity index (χ3n) is 2.21. The summed E-state index contributed by atoms with van der Waals surface area (Å²) < 4.78 is 5.51. The molecule has 0 aromatic carbocycles. The average molecular weight is 177 g/mol. The predicted molar refractivity (Wildman–Crippen MR) is 48.1 cm³/mol. The zero-order valence-electron chi connectivity index (χ0n) is 7.35. The molecule has 11 heavy (non-hydrogen) atoms. The Morgan fingerprint density at radius 2 is 2.18 bits per heavy atom. The lowest BCUT2D eigenvalue weighted by Crippen LogP contribution is -2.17. The molecule has 0 aliphatic heterocycles. The molecule has 0 amide bonds. The van der Waals surface area contributed by atoms with Gasteiger partial charge in [-0.1, -0.05) is 6.42 Å². The Bertz CT molecular complexity index is 114.